The predicted octanol–water partition coefficient (Wildman–Crippen LogP) is 4.10. The van der Waals surface area contributed by atoms with Crippen molar-refractivity contribution in [2.24, 2.45) is 0 Å². The summed E-state index contributed by atoms with van der Waals surface area (Å²) in [7, 11) is 0. The minimum atomic E-state index is -0.640. The van der Waals surface area contributed by atoms with Gasteiger partial charge in [-0.2, -0.15) is 0 Å². The summed E-state index contributed by atoms with van der Waals surface area (Å²) in [6.45, 7) is 1.63. The highest BCUT2D eigenvalue weighted by Crippen LogP contribution is 2.32. The first kappa shape index (κ1) is 20.2. The second kappa shape index (κ2) is 8.71. The lowest BCUT2D eigenvalue weighted by Crippen LogP contribution is -2.36. The van der Waals surface area contributed by atoms with Crippen molar-refractivity contribution in [1.29, 1.82) is 0 Å². The molecule has 30 heavy (non-hydrogen) atoms. The second-order valence-electron chi connectivity index (χ2n) is 7.08. The number of carbonyl (C=O) groups excluding carboxylic acids is 3. The van der Waals surface area contributed by atoms with Crippen molar-refractivity contribution in [2.45, 2.75) is 12.8 Å². The number of imide groups is 1. The number of anilines is 2. The smallest absolute Gasteiger partial charge is 0.294 e. The zero-order valence-corrected chi connectivity index (χ0v) is 17.0. The Balaban J connectivity index is 1.41. The van der Waals surface area contributed by atoms with E-state index in [0.717, 1.165) is 41.0 Å². The fourth-order valence-corrected chi connectivity index (χ4v) is 4.28. The number of rotatable bonds is 5. The highest BCUT2D eigenvalue weighted by molar-refractivity contribution is 8.18. The average Bonchev–Trinajstić information content (AvgIpc) is 3.35. The number of carbonyl (C=O) groups is 3. The molecule has 1 N–H and O–H groups in total. The van der Waals surface area contributed by atoms with Crippen LogP contribution >= 0.6 is 11.8 Å². The van der Waals surface area contributed by atoms with Crippen molar-refractivity contribution < 1.29 is 18.8 Å². The summed E-state index contributed by atoms with van der Waals surface area (Å²) in [6.07, 6.45) is 4.03. The van der Waals surface area contributed by atoms with Crippen LogP contribution in [0.3, 0.4) is 0 Å². The van der Waals surface area contributed by atoms with E-state index in [4.69, 9.17) is 0 Å². The molecule has 0 saturated carbocycles. The van der Waals surface area contributed by atoms with Crippen molar-refractivity contribution >= 4 is 46.3 Å². The Morgan fingerprint density at radius 2 is 1.77 bits per heavy atom. The van der Waals surface area contributed by atoms with E-state index in [1.807, 2.05) is 24.3 Å². The van der Waals surface area contributed by atoms with Gasteiger partial charge in [-0.15, -0.1) is 0 Å². The van der Waals surface area contributed by atoms with Gasteiger partial charge in [-0.05, 0) is 60.5 Å². The molecule has 2 aromatic rings. The van der Waals surface area contributed by atoms with Gasteiger partial charge in [0.2, 0.25) is 5.91 Å². The maximum absolute atomic E-state index is 13.7. The first-order chi connectivity index (χ1) is 14.5. The molecule has 2 aliphatic rings. The number of amides is 3. The number of benzene rings is 2. The van der Waals surface area contributed by atoms with E-state index in [1.54, 1.807) is 12.1 Å². The molecular weight excluding hydrogens is 405 g/mol. The summed E-state index contributed by atoms with van der Waals surface area (Å²) in [6, 6.07) is 13.5. The van der Waals surface area contributed by atoms with Crippen LogP contribution in [-0.2, 0) is 9.59 Å². The van der Waals surface area contributed by atoms with Gasteiger partial charge < -0.3 is 10.2 Å². The van der Waals surface area contributed by atoms with Crippen LogP contribution in [-0.4, -0.2) is 41.6 Å². The highest BCUT2D eigenvalue weighted by atomic mass is 32.2. The number of nitrogens with zero attached hydrogens (tertiary/aromatic N) is 2. The lowest BCUT2D eigenvalue weighted by atomic mass is 10.2. The van der Waals surface area contributed by atoms with Crippen LogP contribution in [0, 0.1) is 5.82 Å². The molecule has 0 atom stereocenters. The molecule has 0 aromatic heterocycles. The van der Waals surface area contributed by atoms with Crippen molar-refractivity contribution in [3.63, 3.8) is 0 Å². The van der Waals surface area contributed by atoms with Crippen LogP contribution < -0.4 is 10.2 Å². The van der Waals surface area contributed by atoms with Gasteiger partial charge in [0, 0.05) is 18.8 Å². The summed E-state index contributed by atoms with van der Waals surface area (Å²) in [5.41, 5.74) is 1.95. The van der Waals surface area contributed by atoms with Gasteiger partial charge in [0.25, 0.3) is 11.1 Å². The van der Waals surface area contributed by atoms with E-state index in [0.29, 0.717) is 0 Å². The molecule has 0 bridgehead atoms. The van der Waals surface area contributed by atoms with Gasteiger partial charge in [0.15, 0.2) is 0 Å². The van der Waals surface area contributed by atoms with Gasteiger partial charge in [-0.25, -0.2) is 4.39 Å². The molecule has 4 rings (SSSR count). The van der Waals surface area contributed by atoms with Crippen molar-refractivity contribution in [2.75, 3.05) is 29.9 Å². The van der Waals surface area contributed by atoms with Gasteiger partial charge in [-0.3, -0.25) is 19.3 Å². The number of hydrogen-bond acceptors (Lipinski definition) is 5. The average molecular weight is 425 g/mol. The van der Waals surface area contributed by atoms with Crippen LogP contribution in [0.1, 0.15) is 18.4 Å². The molecule has 0 radical (unpaired) electrons. The Hall–Kier alpha value is -3.13. The molecule has 0 aliphatic carbocycles. The third-order valence-corrected chi connectivity index (χ3v) is 5.89. The van der Waals surface area contributed by atoms with Crippen LogP contribution in [0.2, 0.25) is 0 Å². The number of nitrogens with one attached hydrogen (secondary N) is 1. The summed E-state index contributed by atoms with van der Waals surface area (Å²) >= 11 is 0.792. The topological polar surface area (TPSA) is 69.7 Å². The minimum Gasteiger partial charge on any atom is -0.372 e. The van der Waals surface area contributed by atoms with E-state index in [1.165, 1.54) is 31.0 Å². The molecule has 2 aliphatic heterocycles. The molecule has 0 unspecified atom stereocenters. The van der Waals surface area contributed by atoms with Crippen LogP contribution in [0.25, 0.3) is 6.08 Å². The van der Waals surface area contributed by atoms with E-state index in [-0.39, 0.29) is 10.6 Å². The second-order valence-corrected chi connectivity index (χ2v) is 8.07. The number of halogens is 1. The zero-order chi connectivity index (χ0) is 21.1. The summed E-state index contributed by atoms with van der Waals surface area (Å²) in [4.78, 5) is 40.5. The van der Waals surface area contributed by atoms with E-state index in [9.17, 15) is 18.8 Å². The van der Waals surface area contributed by atoms with Crippen molar-refractivity contribution in [1.82, 2.24) is 4.90 Å². The summed E-state index contributed by atoms with van der Waals surface area (Å²) < 4.78 is 13.7. The van der Waals surface area contributed by atoms with Gasteiger partial charge in [-0.1, -0.05) is 24.3 Å². The van der Waals surface area contributed by atoms with Crippen molar-refractivity contribution in [3.8, 4) is 0 Å². The molecular formula is C22H20FN3O3S. The maximum Gasteiger partial charge on any atom is 0.294 e. The standard InChI is InChI=1S/C22H20FN3O3S/c23-17-5-1-2-6-18(17)24-20(27)14-26-21(28)19(30-22(26)29)13-15-7-9-16(10-8-15)25-11-3-4-12-25/h1-2,5-10,13H,3-4,11-12,14H2,(H,24,27)/b19-13+. The summed E-state index contributed by atoms with van der Waals surface area (Å²) in [5.74, 6) is -1.76. The molecule has 6 nitrogen and oxygen atoms in total. The van der Waals surface area contributed by atoms with Crippen molar-refractivity contribution in [3.05, 3.63) is 64.8 Å². The van der Waals surface area contributed by atoms with Gasteiger partial charge >= 0.3 is 0 Å². The largest absolute Gasteiger partial charge is 0.372 e. The van der Waals surface area contributed by atoms with E-state index >= 15 is 0 Å². The molecule has 2 fully saturated rings. The van der Waals surface area contributed by atoms with Crippen LogP contribution in [0.4, 0.5) is 20.6 Å². The Labute approximate surface area is 177 Å². The first-order valence-corrected chi connectivity index (χ1v) is 10.5. The predicted molar refractivity (Wildman–Crippen MR) is 116 cm³/mol. The Morgan fingerprint density at radius 3 is 2.47 bits per heavy atom. The molecule has 2 saturated heterocycles. The maximum atomic E-state index is 13.7. The Bertz CT molecular complexity index is 1020. The number of thioether (sulfide) groups is 1. The summed E-state index contributed by atoms with van der Waals surface area (Å²) in [5, 5.41) is 1.86. The Kier molecular flexibility index (Phi) is 5.85. The Morgan fingerprint density at radius 1 is 1.07 bits per heavy atom. The minimum absolute atomic E-state index is 0.00288. The molecule has 3 amide bonds. The lowest BCUT2D eigenvalue weighted by molar-refractivity contribution is -0.127. The fraction of sp³-hybridized carbons (Fsp3) is 0.227. The van der Waals surface area contributed by atoms with E-state index in [2.05, 4.69) is 10.2 Å². The van der Waals surface area contributed by atoms with Crippen LogP contribution in [0.5, 0.6) is 0 Å². The zero-order valence-electron chi connectivity index (χ0n) is 16.1. The molecule has 0 spiro atoms. The molecule has 154 valence electrons. The molecule has 2 aromatic carbocycles. The van der Waals surface area contributed by atoms with Gasteiger partial charge in [0.1, 0.15) is 12.4 Å². The normalized spacial score (nSPS) is 17.8. The van der Waals surface area contributed by atoms with Crippen LogP contribution in [0.15, 0.2) is 53.4 Å². The SMILES string of the molecule is O=C(CN1C(=O)S/C(=C/c2ccc(N3CCCC3)cc2)C1=O)Nc1ccccc1F. The fourth-order valence-electron chi connectivity index (χ4n) is 3.44. The quantitative estimate of drug-likeness (QED) is 0.731. The first-order valence-electron chi connectivity index (χ1n) is 9.66. The third kappa shape index (κ3) is 4.38. The third-order valence-electron chi connectivity index (χ3n) is 4.99. The molecule has 2 heterocycles. The highest BCUT2D eigenvalue weighted by Gasteiger charge is 2.36. The monoisotopic (exact) mass is 425 g/mol. The van der Waals surface area contributed by atoms with Gasteiger partial charge in [0.05, 0.1) is 10.6 Å². The molecule has 8 heteroatoms. The van der Waals surface area contributed by atoms with E-state index < -0.39 is 29.4 Å². The number of para-hydroxylation sites is 1. The number of hydrogen-bond donors (Lipinski definition) is 1. The lowest BCUT2D eigenvalue weighted by Gasteiger charge is -2.17.